The Kier molecular flexibility index (Phi) is 3.57. The number of alkyl halides is 2. The second kappa shape index (κ2) is 4.53. The lowest BCUT2D eigenvalue weighted by molar-refractivity contribution is 0.0634. The molecule has 0 radical (unpaired) electrons. The van der Waals surface area contributed by atoms with Crippen LogP contribution < -0.4 is 10.5 Å². The number of aromatic nitrogens is 1. The van der Waals surface area contributed by atoms with Crippen LogP contribution in [0.3, 0.4) is 0 Å². The van der Waals surface area contributed by atoms with Crippen molar-refractivity contribution in [1.29, 1.82) is 0 Å². The van der Waals surface area contributed by atoms with Crippen LogP contribution in [-0.2, 0) is 6.42 Å². The molecule has 5 heteroatoms. The normalized spacial score (nSPS) is 15.1. The van der Waals surface area contributed by atoms with Crippen molar-refractivity contribution in [2.24, 2.45) is 5.73 Å². The molecule has 0 aliphatic heterocycles. The molecule has 1 unspecified atom stereocenters. The minimum absolute atomic E-state index is 0.0157. The van der Waals surface area contributed by atoms with Crippen LogP contribution in [0.2, 0.25) is 0 Å². The topological polar surface area (TPSA) is 48.1 Å². The van der Waals surface area contributed by atoms with Gasteiger partial charge in [-0.05, 0) is 13.0 Å². The molecule has 2 N–H and O–H groups in total. The smallest absolute Gasteiger partial charge is 0.256 e. The molecule has 1 rings (SSSR count). The predicted octanol–water partition coefficient (Wildman–Crippen LogP) is 1.62. The Morgan fingerprint density at radius 2 is 2.27 bits per heavy atom. The summed E-state index contributed by atoms with van der Waals surface area (Å²) in [7, 11) is 1.51. The minimum Gasteiger partial charge on any atom is -0.497 e. The van der Waals surface area contributed by atoms with Gasteiger partial charge in [-0.1, -0.05) is 0 Å². The van der Waals surface area contributed by atoms with Crippen LogP contribution in [0.25, 0.3) is 0 Å². The van der Waals surface area contributed by atoms with E-state index in [0.717, 1.165) is 0 Å². The first-order valence-corrected chi connectivity index (χ1v) is 4.51. The summed E-state index contributed by atoms with van der Waals surface area (Å²) >= 11 is 0. The quantitative estimate of drug-likeness (QED) is 0.831. The van der Waals surface area contributed by atoms with E-state index in [9.17, 15) is 8.78 Å². The molecule has 1 atom stereocenters. The van der Waals surface area contributed by atoms with E-state index in [1.165, 1.54) is 20.2 Å². The highest BCUT2D eigenvalue weighted by Crippen LogP contribution is 2.19. The fraction of sp³-hybridized carbons (Fsp3) is 0.500. The van der Waals surface area contributed by atoms with Crippen molar-refractivity contribution in [3.63, 3.8) is 0 Å². The highest BCUT2D eigenvalue weighted by atomic mass is 19.3. The van der Waals surface area contributed by atoms with Gasteiger partial charge >= 0.3 is 0 Å². The molecule has 0 aliphatic rings. The third-order valence-electron chi connectivity index (χ3n) is 2.08. The van der Waals surface area contributed by atoms with Gasteiger partial charge in [-0.3, -0.25) is 4.98 Å². The molecule has 1 aromatic rings. The molecule has 3 nitrogen and oxygen atoms in total. The maximum absolute atomic E-state index is 12.5. The van der Waals surface area contributed by atoms with Crippen molar-refractivity contribution < 1.29 is 13.5 Å². The summed E-state index contributed by atoms with van der Waals surface area (Å²) in [6.45, 7) is 1.30. The van der Waals surface area contributed by atoms with Crippen molar-refractivity contribution in [1.82, 2.24) is 4.98 Å². The molecular formula is C10H14F2N2O. The van der Waals surface area contributed by atoms with Crippen LogP contribution in [-0.4, -0.2) is 24.1 Å². The standard InChI is InChI=1S/C10H14F2N2O/c1-10(13,9(11)12)6-7-5-8(15-2)3-4-14-7/h3-5,9H,6,13H2,1-2H3. The van der Waals surface area contributed by atoms with Crippen LogP contribution in [0.4, 0.5) is 8.78 Å². The Labute approximate surface area is 87.3 Å². The van der Waals surface area contributed by atoms with Gasteiger partial charge in [0.15, 0.2) is 0 Å². The van der Waals surface area contributed by atoms with E-state index in [2.05, 4.69) is 4.98 Å². The summed E-state index contributed by atoms with van der Waals surface area (Å²) in [6, 6.07) is 3.26. The summed E-state index contributed by atoms with van der Waals surface area (Å²) in [4.78, 5) is 3.96. The van der Waals surface area contributed by atoms with Crippen molar-refractivity contribution in [3.8, 4) is 5.75 Å². The summed E-state index contributed by atoms with van der Waals surface area (Å²) < 4.78 is 30.0. The average molecular weight is 216 g/mol. The highest BCUT2D eigenvalue weighted by molar-refractivity contribution is 5.23. The predicted molar refractivity (Wildman–Crippen MR) is 53.1 cm³/mol. The van der Waals surface area contributed by atoms with Gasteiger partial charge in [0.25, 0.3) is 6.43 Å². The molecular weight excluding hydrogens is 202 g/mol. The lowest BCUT2D eigenvalue weighted by atomic mass is 9.97. The van der Waals surface area contributed by atoms with Gasteiger partial charge in [-0.15, -0.1) is 0 Å². The summed E-state index contributed by atoms with van der Waals surface area (Å²) in [5.41, 5.74) is 4.40. The Balaban J connectivity index is 2.80. The lowest BCUT2D eigenvalue weighted by Crippen LogP contribution is -2.46. The maximum atomic E-state index is 12.5. The first-order chi connectivity index (χ1) is 6.95. The summed E-state index contributed by atoms with van der Waals surface area (Å²) in [6.07, 6.45) is -1.05. The van der Waals surface area contributed by atoms with E-state index in [1.807, 2.05) is 0 Å². The monoisotopic (exact) mass is 216 g/mol. The first kappa shape index (κ1) is 11.8. The minimum atomic E-state index is -2.58. The fourth-order valence-electron chi connectivity index (χ4n) is 1.15. The molecule has 0 saturated heterocycles. The Morgan fingerprint density at radius 1 is 1.60 bits per heavy atom. The lowest BCUT2D eigenvalue weighted by Gasteiger charge is -2.22. The molecule has 15 heavy (non-hydrogen) atoms. The number of halogens is 2. The Hall–Kier alpha value is -1.23. The number of ether oxygens (including phenoxy) is 1. The van der Waals surface area contributed by atoms with E-state index >= 15 is 0 Å². The number of pyridine rings is 1. The third-order valence-corrected chi connectivity index (χ3v) is 2.08. The van der Waals surface area contributed by atoms with Crippen LogP contribution in [0, 0.1) is 0 Å². The van der Waals surface area contributed by atoms with Crippen LogP contribution >= 0.6 is 0 Å². The number of hydrogen-bond donors (Lipinski definition) is 1. The molecule has 84 valence electrons. The second-order valence-corrected chi connectivity index (χ2v) is 3.67. The SMILES string of the molecule is COc1ccnc(CC(C)(N)C(F)F)c1. The largest absolute Gasteiger partial charge is 0.497 e. The number of rotatable bonds is 4. The van der Waals surface area contributed by atoms with Crippen molar-refractivity contribution in [2.75, 3.05) is 7.11 Å². The van der Waals surface area contributed by atoms with E-state index in [0.29, 0.717) is 11.4 Å². The maximum Gasteiger partial charge on any atom is 0.256 e. The van der Waals surface area contributed by atoms with Gasteiger partial charge in [0, 0.05) is 24.4 Å². The van der Waals surface area contributed by atoms with Gasteiger partial charge in [-0.2, -0.15) is 0 Å². The Bertz CT molecular complexity index is 329. The van der Waals surface area contributed by atoms with Gasteiger partial charge in [-0.25, -0.2) is 8.78 Å². The number of nitrogens with zero attached hydrogens (tertiary/aromatic N) is 1. The molecule has 0 bridgehead atoms. The highest BCUT2D eigenvalue weighted by Gasteiger charge is 2.30. The van der Waals surface area contributed by atoms with E-state index < -0.39 is 12.0 Å². The van der Waals surface area contributed by atoms with Crippen molar-refractivity contribution >= 4 is 0 Å². The van der Waals surface area contributed by atoms with Gasteiger partial charge in [0.2, 0.25) is 0 Å². The second-order valence-electron chi connectivity index (χ2n) is 3.67. The third kappa shape index (κ3) is 3.13. The zero-order valence-electron chi connectivity index (χ0n) is 8.71. The molecule has 0 aliphatic carbocycles. The number of methoxy groups -OCH3 is 1. The van der Waals surface area contributed by atoms with Gasteiger partial charge < -0.3 is 10.5 Å². The van der Waals surface area contributed by atoms with Crippen molar-refractivity contribution in [3.05, 3.63) is 24.0 Å². The van der Waals surface area contributed by atoms with E-state index in [1.54, 1.807) is 12.1 Å². The molecule has 0 aromatic carbocycles. The zero-order valence-corrected chi connectivity index (χ0v) is 8.71. The van der Waals surface area contributed by atoms with Crippen LogP contribution in [0.5, 0.6) is 5.75 Å². The molecule has 0 spiro atoms. The first-order valence-electron chi connectivity index (χ1n) is 4.51. The molecule has 0 fully saturated rings. The average Bonchev–Trinajstić information content (AvgIpc) is 2.17. The summed E-state index contributed by atoms with van der Waals surface area (Å²) in [5, 5.41) is 0. The molecule has 1 aromatic heterocycles. The molecule has 0 amide bonds. The molecule has 1 heterocycles. The zero-order chi connectivity index (χ0) is 11.5. The van der Waals surface area contributed by atoms with Gasteiger partial charge in [0.1, 0.15) is 5.75 Å². The van der Waals surface area contributed by atoms with Crippen molar-refractivity contribution in [2.45, 2.75) is 25.3 Å². The molecule has 0 saturated carbocycles. The fourth-order valence-corrected chi connectivity index (χ4v) is 1.15. The van der Waals surface area contributed by atoms with Crippen LogP contribution in [0.15, 0.2) is 18.3 Å². The van der Waals surface area contributed by atoms with Crippen LogP contribution in [0.1, 0.15) is 12.6 Å². The van der Waals surface area contributed by atoms with E-state index in [-0.39, 0.29) is 6.42 Å². The van der Waals surface area contributed by atoms with Gasteiger partial charge in [0.05, 0.1) is 12.6 Å². The number of hydrogen-bond acceptors (Lipinski definition) is 3. The Morgan fingerprint density at radius 3 is 2.80 bits per heavy atom. The van der Waals surface area contributed by atoms with E-state index in [4.69, 9.17) is 10.5 Å². The summed E-state index contributed by atoms with van der Waals surface area (Å²) in [5.74, 6) is 0.588. The number of nitrogens with two attached hydrogens (primary N) is 1.